The summed E-state index contributed by atoms with van der Waals surface area (Å²) >= 11 is 0. The lowest BCUT2D eigenvalue weighted by molar-refractivity contribution is -0.124. The molecule has 134 valence electrons. The van der Waals surface area contributed by atoms with Crippen LogP contribution in [0.5, 0.6) is 0 Å². The highest BCUT2D eigenvalue weighted by atomic mass is 16.5. The molecule has 0 atom stereocenters. The van der Waals surface area contributed by atoms with Crippen molar-refractivity contribution in [3.63, 3.8) is 0 Å². The summed E-state index contributed by atoms with van der Waals surface area (Å²) in [5, 5.41) is 13.3. The molecule has 4 N–H and O–H groups in total. The number of hydrogen-bond acceptors (Lipinski definition) is 3. The third-order valence-electron chi connectivity index (χ3n) is 4.45. The molecule has 5 heteroatoms. The number of aromatic nitrogens is 1. The number of aromatic amines is 1. The van der Waals surface area contributed by atoms with E-state index in [1.807, 2.05) is 37.4 Å². The van der Waals surface area contributed by atoms with Gasteiger partial charge in [-0.25, -0.2) is 5.48 Å². The van der Waals surface area contributed by atoms with Crippen LogP contribution in [0.2, 0.25) is 0 Å². The average molecular weight is 349 g/mol. The number of H-pyrrole nitrogens is 1. The second kappa shape index (κ2) is 8.47. The van der Waals surface area contributed by atoms with Crippen molar-refractivity contribution in [2.75, 3.05) is 6.54 Å². The highest BCUT2D eigenvalue weighted by Crippen LogP contribution is 2.18. The molecule has 3 rings (SSSR count). The van der Waals surface area contributed by atoms with Crippen molar-refractivity contribution in [1.82, 2.24) is 15.8 Å². The van der Waals surface area contributed by atoms with E-state index >= 15 is 0 Å². The van der Waals surface area contributed by atoms with Gasteiger partial charge in [0, 0.05) is 29.7 Å². The van der Waals surface area contributed by atoms with E-state index in [4.69, 9.17) is 5.21 Å². The minimum atomic E-state index is -0.523. The van der Waals surface area contributed by atoms with Crippen molar-refractivity contribution in [2.45, 2.75) is 19.9 Å². The van der Waals surface area contributed by atoms with Gasteiger partial charge in [-0.15, -0.1) is 0 Å². The number of rotatable bonds is 7. The van der Waals surface area contributed by atoms with Gasteiger partial charge in [-0.3, -0.25) is 10.0 Å². The number of carbonyl (C=O) groups excluding carboxylic acids is 1. The largest absolute Gasteiger partial charge is 0.361 e. The fourth-order valence-electron chi connectivity index (χ4n) is 3.02. The molecule has 1 amide bonds. The summed E-state index contributed by atoms with van der Waals surface area (Å²) in [6, 6.07) is 16.5. The van der Waals surface area contributed by atoms with Gasteiger partial charge in [-0.05, 0) is 54.3 Å². The molecule has 0 saturated carbocycles. The maximum Gasteiger partial charge on any atom is 0.267 e. The number of benzene rings is 2. The summed E-state index contributed by atoms with van der Waals surface area (Å²) in [6.07, 6.45) is 4.32. The van der Waals surface area contributed by atoms with Crippen molar-refractivity contribution < 1.29 is 10.0 Å². The van der Waals surface area contributed by atoms with E-state index in [1.54, 1.807) is 5.48 Å². The van der Waals surface area contributed by atoms with Crippen molar-refractivity contribution in [1.29, 1.82) is 0 Å². The Balaban J connectivity index is 1.52. The molecule has 3 aromatic rings. The summed E-state index contributed by atoms with van der Waals surface area (Å²) in [5.74, 6) is -0.523. The molecule has 0 aliphatic rings. The Bertz CT molecular complexity index is 910. The van der Waals surface area contributed by atoms with Crippen LogP contribution in [0.1, 0.15) is 23.6 Å². The molecule has 0 saturated heterocycles. The predicted octanol–water partition coefficient (Wildman–Crippen LogP) is 3.41. The van der Waals surface area contributed by atoms with E-state index in [2.05, 4.69) is 34.6 Å². The molecule has 2 aromatic carbocycles. The second-order valence-corrected chi connectivity index (χ2v) is 6.28. The van der Waals surface area contributed by atoms with Crippen molar-refractivity contribution >= 4 is 22.4 Å². The minimum absolute atomic E-state index is 0.523. The van der Waals surface area contributed by atoms with Crippen LogP contribution >= 0.6 is 0 Å². The monoisotopic (exact) mass is 349 g/mol. The Labute approximate surface area is 152 Å². The normalized spacial score (nSPS) is 11.7. The van der Waals surface area contributed by atoms with Gasteiger partial charge in [-0.2, -0.15) is 0 Å². The number of carbonyl (C=O) groups is 1. The molecule has 5 nitrogen and oxygen atoms in total. The Hall–Kier alpha value is -2.89. The standard InChI is InChI=1S/C21H23N3O2/c1-15(13-21(25)24-26)17-7-5-16(6-8-17)14-22-11-9-18-3-2-4-20-19(18)10-12-23-20/h2-8,10,12-13,22-23,26H,9,11,14H2,1H3,(H,24,25)/b15-13+. The highest BCUT2D eigenvalue weighted by molar-refractivity contribution is 5.94. The lowest BCUT2D eigenvalue weighted by Crippen LogP contribution is -2.16. The summed E-state index contributed by atoms with van der Waals surface area (Å²) in [6.45, 7) is 3.54. The number of fused-ring (bicyclic) bond motifs is 1. The van der Waals surface area contributed by atoms with Gasteiger partial charge in [-0.1, -0.05) is 36.4 Å². The molecule has 0 spiro atoms. The first-order chi connectivity index (χ1) is 12.7. The molecular weight excluding hydrogens is 326 g/mol. The molecule has 1 aromatic heterocycles. The van der Waals surface area contributed by atoms with E-state index in [1.165, 1.54) is 28.1 Å². The van der Waals surface area contributed by atoms with E-state index < -0.39 is 5.91 Å². The molecule has 0 aliphatic carbocycles. The molecule has 0 radical (unpaired) electrons. The molecule has 0 bridgehead atoms. The first kappa shape index (κ1) is 17.9. The van der Waals surface area contributed by atoms with Crippen LogP contribution in [-0.2, 0) is 17.8 Å². The molecule has 0 fully saturated rings. The fourth-order valence-corrected chi connectivity index (χ4v) is 3.02. The van der Waals surface area contributed by atoms with Gasteiger partial charge in [0.05, 0.1) is 0 Å². The Morgan fingerprint density at radius 1 is 1.15 bits per heavy atom. The van der Waals surface area contributed by atoms with E-state index in [9.17, 15) is 4.79 Å². The maximum absolute atomic E-state index is 11.2. The van der Waals surface area contributed by atoms with Crippen LogP contribution < -0.4 is 10.8 Å². The average Bonchev–Trinajstić information content (AvgIpc) is 3.15. The summed E-state index contributed by atoms with van der Waals surface area (Å²) in [4.78, 5) is 14.4. The van der Waals surface area contributed by atoms with Gasteiger partial charge < -0.3 is 10.3 Å². The molecule has 26 heavy (non-hydrogen) atoms. The summed E-state index contributed by atoms with van der Waals surface area (Å²) < 4.78 is 0. The van der Waals surface area contributed by atoms with E-state index in [-0.39, 0.29) is 0 Å². The Morgan fingerprint density at radius 3 is 2.73 bits per heavy atom. The lowest BCUT2D eigenvalue weighted by Gasteiger charge is -2.08. The smallest absolute Gasteiger partial charge is 0.267 e. The van der Waals surface area contributed by atoms with Crippen LogP contribution in [0, 0.1) is 0 Å². The third-order valence-corrected chi connectivity index (χ3v) is 4.45. The van der Waals surface area contributed by atoms with Crippen LogP contribution in [0.3, 0.4) is 0 Å². The third kappa shape index (κ3) is 4.39. The Morgan fingerprint density at radius 2 is 1.96 bits per heavy atom. The van der Waals surface area contributed by atoms with E-state index in [0.717, 1.165) is 30.6 Å². The van der Waals surface area contributed by atoms with Crippen LogP contribution in [0.4, 0.5) is 0 Å². The van der Waals surface area contributed by atoms with Crippen LogP contribution in [-0.4, -0.2) is 22.6 Å². The van der Waals surface area contributed by atoms with Gasteiger partial charge in [0.1, 0.15) is 0 Å². The lowest BCUT2D eigenvalue weighted by atomic mass is 10.0. The topological polar surface area (TPSA) is 77.2 Å². The number of nitrogens with one attached hydrogen (secondary N) is 3. The predicted molar refractivity (Wildman–Crippen MR) is 104 cm³/mol. The number of allylic oxidation sites excluding steroid dienone is 1. The van der Waals surface area contributed by atoms with Crippen molar-refractivity contribution in [3.05, 3.63) is 77.5 Å². The SMILES string of the molecule is C/C(=C\C(=O)NO)c1ccc(CNCCc2cccc3[nH]ccc23)cc1. The maximum atomic E-state index is 11.2. The van der Waals surface area contributed by atoms with Gasteiger partial charge in [0.2, 0.25) is 0 Å². The van der Waals surface area contributed by atoms with Crippen LogP contribution in [0.15, 0.2) is 60.8 Å². The summed E-state index contributed by atoms with van der Waals surface area (Å²) in [5.41, 5.74) is 7.07. The van der Waals surface area contributed by atoms with E-state index in [0.29, 0.717) is 0 Å². The molecule has 1 heterocycles. The number of hydrogen-bond donors (Lipinski definition) is 4. The highest BCUT2D eigenvalue weighted by Gasteiger charge is 2.02. The zero-order valence-corrected chi connectivity index (χ0v) is 14.8. The molecular formula is C21H23N3O2. The first-order valence-corrected chi connectivity index (χ1v) is 8.65. The van der Waals surface area contributed by atoms with Crippen LogP contribution in [0.25, 0.3) is 16.5 Å². The summed E-state index contributed by atoms with van der Waals surface area (Å²) in [7, 11) is 0. The minimum Gasteiger partial charge on any atom is -0.361 e. The fraction of sp³-hybridized carbons (Fsp3) is 0.190. The van der Waals surface area contributed by atoms with Crippen molar-refractivity contribution in [2.24, 2.45) is 0 Å². The van der Waals surface area contributed by atoms with Gasteiger partial charge in [0.15, 0.2) is 0 Å². The molecule has 0 unspecified atom stereocenters. The Kier molecular flexibility index (Phi) is 5.84. The van der Waals surface area contributed by atoms with Gasteiger partial charge >= 0.3 is 0 Å². The second-order valence-electron chi connectivity index (χ2n) is 6.28. The molecule has 0 aliphatic heterocycles. The van der Waals surface area contributed by atoms with Crippen molar-refractivity contribution in [3.8, 4) is 0 Å². The zero-order valence-electron chi connectivity index (χ0n) is 14.8. The number of hydroxylamine groups is 1. The first-order valence-electron chi connectivity index (χ1n) is 8.65. The zero-order chi connectivity index (χ0) is 18.4. The quantitative estimate of drug-likeness (QED) is 0.228. The number of amides is 1. The van der Waals surface area contributed by atoms with Gasteiger partial charge in [0.25, 0.3) is 5.91 Å².